The summed E-state index contributed by atoms with van der Waals surface area (Å²) in [5.74, 6) is -1.80. The lowest BCUT2D eigenvalue weighted by Crippen LogP contribution is -2.23. The van der Waals surface area contributed by atoms with E-state index in [0.29, 0.717) is 29.1 Å². The number of H-pyrrole nitrogens is 2. The molecule has 0 spiro atoms. The number of ether oxygens (including phenoxy) is 1. The van der Waals surface area contributed by atoms with Gasteiger partial charge in [-0.25, -0.2) is 8.42 Å². The van der Waals surface area contributed by atoms with Crippen molar-refractivity contribution in [1.82, 2.24) is 20.0 Å². The third-order valence-corrected chi connectivity index (χ3v) is 7.31. The van der Waals surface area contributed by atoms with Crippen molar-refractivity contribution in [2.75, 3.05) is 18.1 Å². The number of aromatic amines is 2. The van der Waals surface area contributed by atoms with Gasteiger partial charge in [-0.3, -0.25) is 24.2 Å². The number of carbonyl (C=O) groups is 2. The van der Waals surface area contributed by atoms with Crippen molar-refractivity contribution >= 4 is 21.7 Å². The molecular formula is C19H27N5O6S. The molecular weight excluding hydrogens is 426 g/mol. The highest BCUT2D eigenvalue weighted by Crippen LogP contribution is 2.35. The van der Waals surface area contributed by atoms with Gasteiger partial charge in [-0.15, -0.1) is 0 Å². The predicted octanol–water partition coefficient (Wildman–Crippen LogP) is -0.0112. The first-order valence-corrected chi connectivity index (χ1v) is 11.9. The lowest BCUT2D eigenvalue weighted by atomic mass is 9.86. The van der Waals surface area contributed by atoms with E-state index < -0.39 is 33.2 Å². The number of sulfone groups is 1. The van der Waals surface area contributed by atoms with Gasteiger partial charge in [-0.1, -0.05) is 0 Å². The summed E-state index contributed by atoms with van der Waals surface area (Å²) in [6.45, 7) is 5.39. The molecule has 1 fully saturated rings. The van der Waals surface area contributed by atoms with Crippen LogP contribution in [0.25, 0.3) is 0 Å². The number of hydrogen-bond donors (Lipinski definition) is 3. The minimum Gasteiger partial charge on any atom is -0.466 e. The van der Waals surface area contributed by atoms with E-state index in [1.807, 2.05) is 0 Å². The average molecular weight is 454 g/mol. The van der Waals surface area contributed by atoms with Gasteiger partial charge in [-0.05, 0) is 27.2 Å². The van der Waals surface area contributed by atoms with Crippen LogP contribution >= 0.6 is 0 Å². The van der Waals surface area contributed by atoms with Gasteiger partial charge in [0.2, 0.25) is 5.91 Å². The van der Waals surface area contributed by atoms with Crippen molar-refractivity contribution in [2.45, 2.75) is 52.0 Å². The molecule has 2 aromatic heterocycles. The lowest BCUT2D eigenvalue weighted by molar-refractivity contribution is -0.142. The van der Waals surface area contributed by atoms with E-state index >= 15 is 0 Å². The van der Waals surface area contributed by atoms with E-state index in [-0.39, 0.29) is 42.6 Å². The van der Waals surface area contributed by atoms with E-state index in [1.165, 1.54) is 0 Å². The van der Waals surface area contributed by atoms with Crippen LogP contribution < -0.4 is 11.3 Å². The van der Waals surface area contributed by atoms with E-state index in [1.54, 1.807) is 25.5 Å². The van der Waals surface area contributed by atoms with Crippen LogP contribution in [-0.2, 0) is 30.6 Å². The van der Waals surface area contributed by atoms with Crippen molar-refractivity contribution in [2.24, 2.45) is 5.73 Å². The Hall–Kier alpha value is -2.89. The Kier molecular flexibility index (Phi) is 6.39. The maximum Gasteiger partial charge on any atom is 0.311 e. The van der Waals surface area contributed by atoms with Gasteiger partial charge < -0.3 is 15.6 Å². The minimum absolute atomic E-state index is 0.00622. The summed E-state index contributed by atoms with van der Waals surface area (Å²) in [6, 6.07) is -0.310. The van der Waals surface area contributed by atoms with E-state index in [9.17, 15) is 22.8 Å². The van der Waals surface area contributed by atoms with Crippen LogP contribution in [0.2, 0.25) is 0 Å². The van der Waals surface area contributed by atoms with Gasteiger partial charge >= 0.3 is 5.97 Å². The number of esters is 1. The Morgan fingerprint density at radius 1 is 1.29 bits per heavy atom. The number of carbonyl (C=O) groups excluding carboxylic acids is 2. The van der Waals surface area contributed by atoms with Crippen LogP contribution in [0.3, 0.4) is 0 Å². The number of aryl methyl sites for hydroxylation is 1. The van der Waals surface area contributed by atoms with Gasteiger partial charge in [0.05, 0.1) is 42.0 Å². The summed E-state index contributed by atoms with van der Waals surface area (Å²) in [7, 11) is -3.13. The third kappa shape index (κ3) is 4.73. The second kappa shape index (κ2) is 8.69. The second-order valence-electron chi connectivity index (χ2n) is 7.76. The van der Waals surface area contributed by atoms with Crippen molar-refractivity contribution in [3.63, 3.8) is 0 Å². The van der Waals surface area contributed by atoms with E-state index in [2.05, 4.69) is 15.3 Å². The van der Waals surface area contributed by atoms with Crippen LogP contribution in [-0.4, -0.2) is 58.4 Å². The number of hydrogen-bond acceptors (Lipinski definition) is 7. The highest BCUT2D eigenvalue weighted by Gasteiger charge is 2.35. The Bertz CT molecular complexity index is 1160. The standard InChI is InChI=1S/C19H27N5O6S/c1-4-30-16(26)8-14-18(19(27)22-21-14)13(7-15(20)25)17-10(2)23-24(11(17)3)12-5-6-31(28,29)9-12/h12-13H,4-9H2,1-3H3,(H2,20,25)(H2,21,22,27)/t12-,13+/m1/s1. The summed E-state index contributed by atoms with van der Waals surface area (Å²) in [5.41, 5.74) is 7.40. The van der Waals surface area contributed by atoms with E-state index in [4.69, 9.17) is 10.5 Å². The molecule has 12 heteroatoms. The van der Waals surface area contributed by atoms with Crippen molar-refractivity contribution in [3.8, 4) is 0 Å². The molecule has 3 heterocycles. The fourth-order valence-corrected chi connectivity index (χ4v) is 6.01. The number of nitrogens with zero attached hydrogens (tertiary/aromatic N) is 2. The first-order chi connectivity index (χ1) is 14.5. The van der Waals surface area contributed by atoms with Crippen LogP contribution in [0.5, 0.6) is 0 Å². The normalized spacial score (nSPS) is 18.7. The molecule has 3 rings (SSSR count). The molecule has 0 unspecified atom stereocenters. The number of rotatable bonds is 8. The topological polar surface area (TPSA) is 170 Å². The molecule has 0 bridgehead atoms. The van der Waals surface area contributed by atoms with Crippen molar-refractivity contribution in [1.29, 1.82) is 0 Å². The summed E-state index contributed by atoms with van der Waals surface area (Å²) < 4.78 is 30.5. The average Bonchev–Trinajstić information content (AvgIpc) is 3.29. The van der Waals surface area contributed by atoms with Crippen LogP contribution in [0.1, 0.15) is 59.9 Å². The molecule has 1 saturated heterocycles. The van der Waals surface area contributed by atoms with Gasteiger partial charge in [-0.2, -0.15) is 5.10 Å². The van der Waals surface area contributed by atoms with Crippen LogP contribution in [0.4, 0.5) is 0 Å². The zero-order valence-corrected chi connectivity index (χ0v) is 18.5. The van der Waals surface area contributed by atoms with Crippen LogP contribution in [0, 0.1) is 13.8 Å². The first kappa shape index (κ1) is 22.8. The second-order valence-corrected chi connectivity index (χ2v) is 9.99. The molecule has 31 heavy (non-hydrogen) atoms. The molecule has 0 aliphatic carbocycles. The fraction of sp³-hybridized carbons (Fsp3) is 0.579. The van der Waals surface area contributed by atoms with E-state index in [0.717, 1.165) is 0 Å². The maximum atomic E-state index is 12.6. The summed E-state index contributed by atoms with van der Waals surface area (Å²) >= 11 is 0. The molecule has 2 aromatic rings. The quantitative estimate of drug-likeness (QED) is 0.472. The largest absolute Gasteiger partial charge is 0.466 e. The third-order valence-electron chi connectivity index (χ3n) is 5.56. The molecule has 4 N–H and O–H groups in total. The monoisotopic (exact) mass is 453 g/mol. The molecule has 1 aliphatic heterocycles. The molecule has 11 nitrogen and oxygen atoms in total. The highest BCUT2D eigenvalue weighted by atomic mass is 32.2. The summed E-state index contributed by atoms with van der Waals surface area (Å²) in [5, 5.41) is 9.71. The Labute approximate surface area is 179 Å². The Balaban J connectivity index is 2.08. The first-order valence-electron chi connectivity index (χ1n) is 10.0. The molecule has 0 saturated carbocycles. The zero-order valence-electron chi connectivity index (χ0n) is 17.7. The fourth-order valence-electron chi connectivity index (χ4n) is 4.32. The maximum absolute atomic E-state index is 12.6. The number of amides is 1. The van der Waals surface area contributed by atoms with Gasteiger partial charge in [0.1, 0.15) is 0 Å². The summed E-state index contributed by atoms with van der Waals surface area (Å²) in [6.07, 6.45) is 0.0977. The minimum atomic E-state index is -3.13. The summed E-state index contributed by atoms with van der Waals surface area (Å²) in [4.78, 5) is 36.6. The Morgan fingerprint density at radius 3 is 2.58 bits per heavy atom. The molecule has 170 valence electrons. The van der Waals surface area contributed by atoms with Gasteiger partial charge in [0.15, 0.2) is 9.84 Å². The number of aromatic nitrogens is 4. The molecule has 2 atom stereocenters. The molecule has 0 radical (unpaired) electrons. The number of primary amides is 1. The molecule has 1 amide bonds. The lowest BCUT2D eigenvalue weighted by Gasteiger charge is -2.17. The van der Waals surface area contributed by atoms with Gasteiger partial charge in [0, 0.05) is 29.2 Å². The number of nitrogens with two attached hydrogens (primary N) is 1. The van der Waals surface area contributed by atoms with Crippen LogP contribution in [0.15, 0.2) is 4.79 Å². The zero-order chi connectivity index (χ0) is 22.9. The Morgan fingerprint density at radius 2 is 2.00 bits per heavy atom. The van der Waals surface area contributed by atoms with Crippen molar-refractivity contribution in [3.05, 3.63) is 38.6 Å². The predicted molar refractivity (Wildman–Crippen MR) is 111 cm³/mol. The number of nitrogens with one attached hydrogen (secondary N) is 2. The highest BCUT2D eigenvalue weighted by molar-refractivity contribution is 7.91. The smallest absolute Gasteiger partial charge is 0.311 e. The SMILES string of the molecule is CCOC(=O)Cc1[nH][nH]c(=O)c1[C@@H](CC(N)=O)c1c(C)nn([C@@H]2CCS(=O)(=O)C2)c1C. The van der Waals surface area contributed by atoms with Gasteiger partial charge in [0.25, 0.3) is 5.56 Å². The molecule has 0 aromatic carbocycles. The molecule has 1 aliphatic rings. The van der Waals surface area contributed by atoms with Crippen molar-refractivity contribution < 1.29 is 22.7 Å².